The highest BCUT2D eigenvalue weighted by molar-refractivity contribution is 9.10. The molecule has 0 aliphatic heterocycles. The number of Topliss-reactive ketones (excluding diaryl/α,β-unsaturated/α-hetero) is 1. The molecule has 0 bridgehead atoms. The van der Waals surface area contributed by atoms with E-state index in [9.17, 15) is 9.59 Å². The molecule has 1 aliphatic rings. The van der Waals surface area contributed by atoms with Gasteiger partial charge in [0.1, 0.15) is 4.32 Å². The highest BCUT2D eigenvalue weighted by atomic mass is 79.9. The lowest BCUT2D eigenvalue weighted by Gasteiger charge is -2.12. The third kappa shape index (κ3) is 2.06. The maximum Gasteiger partial charge on any atom is 0.237 e. The first kappa shape index (κ1) is 9.71. The molecule has 1 unspecified atom stereocenters. The van der Waals surface area contributed by atoms with E-state index in [-0.39, 0.29) is 22.1 Å². The lowest BCUT2D eigenvalue weighted by molar-refractivity contribution is -0.126. The molecule has 1 N–H and O–H groups in total. The van der Waals surface area contributed by atoms with Gasteiger partial charge in [-0.25, -0.2) is 0 Å². The molecule has 0 saturated heterocycles. The van der Waals surface area contributed by atoms with Gasteiger partial charge in [0.15, 0.2) is 5.78 Å². The molecule has 1 saturated carbocycles. The molecule has 68 valence electrons. The van der Waals surface area contributed by atoms with Gasteiger partial charge in [-0.3, -0.25) is 9.59 Å². The van der Waals surface area contributed by atoms with Crippen molar-refractivity contribution in [2.24, 2.45) is 0 Å². The first-order valence-corrected chi connectivity index (χ1v) is 4.75. The molecule has 0 heterocycles. The van der Waals surface area contributed by atoms with Gasteiger partial charge in [0.2, 0.25) is 5.91 Å². The highest BCUT2D eigenvalue weighted by Crippen LogP contribution is 2.44. The summed E-state index contributed by atoms with van der Waals surface area (Å²) in [4.78, 5) is 22.1. The minimum absolute atomic E-state index is 0.0138. The van der Waals surface area contributed by atoms with Gasteiger partial charge in [-0.2, -0.15) is 0 Å². The minimum atomic E-state index is -0.368. The van der Waals surface area contributed by atoms with Crippen molar-refractivity contribution in [1.29, 1.82) is 0 Å². The van der Waals surface area contributed by atoms with E-state index in [0.29, 0.717) is 0 Å². The van der Waals surface area contributed by atoms with Crippen molar-refractivity contribution in [2.45, 2.75) is 37.1 Å². The number of ketones is 1. The third-order valence-electron chi connectivity index (χ3n) is 2.05. The van der Waals surface area contributed by atoms with Crippen LogP contribution in [0.25, 0.3) is 0 Å². The van der Waals surface area contributed by atoms with Crippen LogP contribution in [-0.2, 0) is 9.59 Å². The zero-order chi connectivity index (χ0) is 9.35. The fraction of sp³-hybridized carbons (Fsp3) is 0.750. The van der Waals surface area contributed by atoms with Crippen molar-refractivity contribution in [1.82, 2.24) is 5.32 Å². The number of rotatable bonds is 3. The molecule has 1 rings (SSSR count). The predicted octanol–water partition coefficient (Wildman–Crippen LogP) is 1.01. The van der Waals surface area contributed by atoms with Crippen molar-refractivity contribution in [2.75, 3.05) is 0 Å². The predicted molar refractivity (Wildman–Crippen MR) is 49.2 cm³/mol. The quantitative estimate of drug-likeness (QED) is 0.740. The lowest BCUT2D eigenvalue weighted by atomic mass is 10.2. The summed E-state index contributed by atoms with van der Waals surface area (Å²) >= 11 is 3.31. The van der Waals surface area contributed by atoms with Crippen molar-refractivity contribution < 1.29 is 9.59 Å². The summed E-state index contributed by atoms with van der Waals surface area (Å²) in [5.74, 6) is -0.0784. The number of hydrogen-bond acceptors (Lipinski definition) is 2. The Hall–Kier alpha value is -0.380. The summed E-state index contributed by atoms with van der Waals surface area (Å²) in [5.41, 5.74) is 0. The Bertz CT molecular complexity index is 223. The van der Waals surface area contributed by atoms with Gasteiger partial charge in [-0.1, -0.05) is 15.9 Å². The average molecular weight is 234 g/mol. The van der Waals surface area contributed by atoms with Crippen LogP contribution >= 0.6 is 15.9 Å². The summed E-state index contributed by atoms with van der Waals surface area (Å²) in [7, 11) is 0. The highest BCUT2D eigenvalue weighted by Gasteiger charge is 2.47. The van der Waals surface area contributed by atoms with Crippen LogP contribution in [0.15, 0.2) is 0 Å². The molecule has 0 aromatic carbocycles. The van der Waals surface area contributed by atoms with E-state index in [4.69, 9.17) is 0 Å². The molecule has 3 nitrogen and oxygen atoms in total. The minimum Gasteiger partial charge on any atom is -0.345 e. The van der Waals surface area contributed by atoms with Crippen LogP contribution in [0, 0.1) is 0 Å². The second kappa shape index (κ2) is 3.17. The number of carbonyl (C=O) groups is 2. The van der Waals surface area contributed by atoms with E-state index in [2.05, 4.69) is 21.2 Å². The van der Waals surface area contributed by atoms with Crippen LogP contribution in [0.4, 0.5) is 0 Å². The van der Waals surface area contributed by atoms with Gasteiger partial charge < -0.3 is 5.32 Å². The van der Waals surface area contributed by atoms with Gasteiger partial charge >= 0.3 is 0 Å². The van der Waals surface area contributed by atoms with Crippen molar-refractivity contribution in [3.05, 3.63) is 0 Å². The smallest absolute Gasteiger partial charge is 0.237 e. The molecule has 4 heteroatoms. The lowest BCUT2D eigenvalue weighted by Crippen LogP contribution is -2.42. The first-order valence-electron chi connectivity index (χ1n) is 3.96. The molecule has 0 radical (unpaired) electrons. The van der Waals surface area contributed by atoms with Crippen LogP contribution < -0.4 is 5.32 Å². The zero-order valence-corrected chi connectivity index (χ0v) is 8.77. The molecule has 0 spiro atoms. The summed E-state index contributed by atoms with van der Waals surface area (Å²) in [6.45, 7) is 3.16. The Morgan fingerprint density at radius 3 is 2.33 bits per heavy atom. The summed E-state index contributed by atoms with van der Waals surface area (Å²) in [6, 6.07) is -0.368. The number of amides is 1. The molecule has 1 atom stereocenters. The molecule has 1 amide bonds. The molecule has 0 aromatic heterocycles. The normalized spacial score (nSPS) is 21.2. The summed E-state index contributed by atoms with van der Waals surface area (Å²) in [6.07, 6.45) is 1.73. The Labute approximate surface area is 80.0 Å². The van der Waals surface area contributed by atoms with E-state index in [1.54, 1.807) is 6.92 Å². The van der Waals surface area contributed by atoms with Crippen molar-refractivity contribution in [3.8, 4) is 0 Å². The van der Waals surface area contributed by atoms with Crippen molar-refractivity contribution >= 4 is 27.6 Å². The van der Waals surface area contributed by atoms with Crippen LogP contribution in [0.3, 0.4) is 0 Å². The van der Waals surface area contributed by atoms with Gasteiger partial charge in [-0.15, -0.1) is 0 Å². The van der Waals surface area contributed by atoms with E-state index < -0.39 is 0 Å². The third-order valence-corrected chi connectivity index (χ3v) is 3.21. The molecule has 1 fully saturated rings. The average Bonchev–Trinajstić information content (AvgIpc) is 2.69. The first-order chi connectivity index (χ1) is 5.46. The number of alkyl halides is 1. The Balaban J connectivity index is 2.41. The fourth-order valence-electron chi connectivity index (χ4n) is 0.764. The van der Waals surface area contributed by atoms with Crippen molar-refractivity contribution in [3.63, 3.8) is 0 Å². The Morgan fingerprint density at radius 1 is 1.50 bits per heavy atom. The molecule has 0 aromatic rings. The SMILES string of the molecule is CC(=O)C(C)NC(=O)C1(Br)CC1. The van der Waals surface area contributed by atoms with E-state index in [0.717, 1.165) is 12.8 Å². The largest absolute Gasteiger partial charge is 0.345 e. The number of hydrogen-bond donors (Lipinski definition) is 1. The van der Waals surface area contributed by atoms with Gasteiger partial charge in [-0.05, 0) is 26.7 Å². The monoisotopic (exact) mass is 233 g/mol. The topological polar surface area (TPSA) is 46.2 Å². The van der Waals surface area contributed by atoms with E-state index in [1.807, 2.05) is 0 Å². The van der Waals surface area contributed by atoms with Gasteiger partial charge in [0.25, 0.3) is 0 Å². The van der Waals surface area contributed by atoms with E-state index in [1.165, 1.54) is 6.92 Å². The Kier molecular flexibility index (Phi) is 2.56. The summed E-state index contributed by atoms with van der Waals surface area (Å²) < 4.78 is -0.364. The van der Waals surface area contributed by atoms with Gasteiger partial charge in [0.05, 0.1) is 6.04 Å². The molecule has 12 heavy (non-hydrogen) atoms. The molecule has 1 aliphatic carbocycles. The van der Waals surface area contributed by atoms with Crippen LogP contribution in [0.2, 0.25) is 0 Å². The number of halogens is 1. The van der Waals surface area contributed by atoms with Crippen LogP contribution in [-0.4, -0.2) is 22.1 Å². The zero-order valence-electron chi connectivity index (χ0n) is 7.19. The van der Waals surface area contributed by atoms with E-state index >= 15 is 0 Å². The summed E-state index contributed by atoms with van der Waals surface area (Å²) in [5, 5.41) is 2.65. The van der Waals surface area contributed by atoms with Gasteiger partial charge in [0, 0.05) is 0 Å². The maximum atomic E-state index is 11.3. The van der Waals surface area contributed by atoms with Crippen LogP contribution in [0.5, 0.6) is 0 Å². The second-order valence-corrected chi connectivity index (χ2v) is 4.79. The Morgan fingerprint density at radius 2 is 2.00 bits per heavy atom. The van der Waals surface area contributed by atoms with Crippen LogP contribution in [0.1, 0.15) is 26.7 Å². The standard InChI is InChI=1S/C8H12BrNO2/c1-5(6(2)11)10-7(12)8(9)3-4-8/h5H,3-4H2,1-2H3,(H,10,12). The number of carbonyl (C=O) groups excluding carboxylic acids is 2. The maximum absolute atomic E-state index is 11.3. The fourth-order valence-corrected chi connectivity index (χ4v) is 1.08. The second-order valence-electron chi connectivity index (χ2n) is 3.27. The number of nitrogens with one attached hydrogen (secondary N) is 1. The molecular formula is C8H12BrNO2. The molecular weight excluding hydrogens is 222 g/mol.